The van der Waals surface area contributed by atoms with E-state index in [4.69, 9.17) is 5.73 Å². The lowest BCUT2D eigenvalue weighted by Gasteiger charge is -2.38. The van der Waals surface area contributed by atoms with Gasteiger partial charge in [0.15, 0.2) is 0 Å². The molecule has 1 aromatic heterocycles. The number of halogens is 1. The number of hydrogen-bond donors (Lipinski definition) is 1. The molecule has 5 heteroatoms. The molecule has 1 saturated heterocycles. The third-order valence-electron chi connectivity index (χ3n) is 4.47. The van der Waals surface area contributed by atoms with Crippen LogP contribution in [-0.4, -0.2) is 34.6 Å². The van der Waals surface area contributed by atoms with Crippen LogP contribution in [0.3, 0.4) is 0 Å². The molecule has 2 aromatic rings. The third-order valence-corrected chi connectivity index (χ3v) is 4.47. The van der Waals surface area contributed by atoms with Crippen molar-refractivity contribution >= 4 is 17.0 Å². The van der Waals surface area contributed by atoms with Crippen molar-refractivity contribution in [2.75, 3.05) is 25.9 Å². The molecule has 0 amide bonds. The highest BCUT2D eigenvalue weighted by molar-refractivity contribution is 5.78. The van der Waals surface area contributed by atoms with Gasteiger partial charge in [-0.3, -0.25) is 0 Å². The van der Waals surface area contributed by atoms with Crippen LogP contribution in [0, 0.1) is 11.2 Å². The number of nitrogens with two attached hydrogens (primary N) is 1. The summed E-state index contributed by atoms with van der Waals surface area (Å²) in [4.78, 5) is 6.63. The number of imidazole rings is 1. The summed E-state index contributed by atoms with van der Waals surface area (Å²) < 4.78 is 15.3. The Kier molecular flexibility index (Phi) is 3.17. The van der Waals surface area contributed by atoms with E-state index in [-0.39, 0.29) is 11.2 Å². The monoisotopic (exact) mass is 276 g/mol. The SMILES string of the molecule is CN1CCC(C)(Cn2c(N)nc3cc(F)ccc32)CC1. The number of nitrogen functional groups attached to an aromatic ring is 1. The van der Waals surface area contributed by atoms with Crippen molar-refractivity contribution in [2.45, 2.75) is 26.3 Å². The van der Waals surface area contributed by atoms with E-state index >= 15 is 0 Å². The number of aromatic nitrogens is 2. The fraction of sp³-hybridized carbons (Fsp3) is 0.533. The summed E-state index contributed by atoms with van der Waals surface area (Å²) in [6.45, 7) is 5.36. The smallest absolute Gasteiger partial charge is 0.201 e. The van der Waals surface area contributed by atoms with Crippen LogP contribution in [0.2, 0.25) is 0 Å². The number of fused-ring (bicyclic) bond motifs is 1. The highest BCUT2D eigenvalue weighted by Gasteiger charge is 2.30. The molecule has 20 heavy (non-hydrogen) atoms. The lowest BCUT2D eigenvalue weighted by molar-refractivity contribution is 0.122. The van der Waals surface area contributed by atoms with E-state index in [1.54, 1.807) is 6.07 Å². The van der Waals surface area contributed by atoms with Gasteiger partial charge in [-0.1, -0.05) is 6.92 Å². The van der Waals surface area contributed by atoms with E-state index in [0.717, 1.165) is 38.0 Å². The molecule has 0 bridgehead atoms. The summed E-state index contributed by atoms with van der Waals surface area (Å²) in [7, 11) is 2.16. The van der Waals surface area contributed by atoms with Crippen molar-refractivity contribution in [3.8, 4) is 0 Å². The minimum absolute atomic E-state index is 0.225. The zero-order valence-corrected chi connectivity index (χ0v) is 12.1. The minimum atomic E-state index is -0.271. The molecule has 1 fully saturated rings. The summed E-state index contributed by atoms with van der Waals surface area (Å²) >= 11 is 0. The lowest BCUT2D eigenvalue weighted by atomic mass is 9.80. The maximum atomic E-state index is 13.3. The Morgan fingerprint density at radius 3 is 2.75 bits per heavy atom. The number of anilines is 1. The highest BCUT2D eigenvalue weighted by Crippen LogP contribution is 2.34. The van der Waals surface area contributed by atoms with Crippen molar-refractivity contribution in [1.82, 2.24) is 14.5 Å². The highest BCUT2D eigenvalue weighted by atomic mass is 19.1. The van der Waals surface area contributed by atoms with Crippen molar-refractivity contribution in [2.24, 2.45) is 5.41 Å². The van der Waals surface area contributed by atoms with Crippen LogP contribution < -0.4 is 5.73 Å². The summed E-state index contributed by atoms with van der Waals surface area (Å²) in [5.74, 6) is 0.207. The van der Waals surface area contributed by atoms with Gasteiger partial charge in [0.2, 0.25) is 5.95 Å². The Balaban J connectivity index is 1.92. The Labute approximate surface area is 118 Å². The first-order valence-corrected chi connectivity index (χ1v) is 7.07. The van der Waals surface area contributed by atoms with Gasteiger partial charge < -0.3 is 15.2 Å². The molecule has 2 heterocycles. The Bertz CT molecular complexity index is 626. The van der Waals surface area contributed by atoms with Crippen LogP contribution in [-0.2, 0) is 6.54 Å². The predicted octanol–water partition coefficient (Wildman–Crippen LogP) is 2.49. The van der Waals surface area contributed by atoms with Gasteiger partial charge in [-0.25, -0.2) is 9.37 Å². The van der Waals surface area contributed by atoms with Gasteiger partial charge in [-0.05, 0) is 50.5 Å². The third kappa shape index (κ3) is 2.38. The van der Waals surface area contributed by atoms with Crippen molar-refractivity contribution in [3.05, 3.63) is 24.0 Å². The summed E-state index contributed by atoms with van der Waals surface area (Å²) in [5, 5.41) is 0. The van der Waals surface area contributed by atoms with Gasteiger partial charge in [0.1, 0.15) is 5.82 Å². The Morgan fingerprint density at radius 1 is 1.35 bits per heavy atom. The van der Waals surface area contributed by atoms with Gasteiger partial charge in [-0.15, -0.1) is 0 Å². The molecule has 108 valence electrons. The molecule has 0 spiro atoms. The molecule has 2 N–H and O–H groups in total. The first-order chi connectivity index (χ1) is 9.47. The van der Waals surface area contributed by atoms with E-state index in [1.165, 1.54) is 12.1 Å². The van der Waals surface area contributed by atoms with Crippen molar-refractivity contribution in [3.63, 3.8) is 0 Å². The van der Waals surface area contributed by atoms with E-state index in [1.807, 2.05) is 4.57 Å². The van der Waals surface area contributed by atoms with Crippen LogP contribution in [0.1, 0.15) is 19.8 Å². The van der Waals surface area contributed by atoms with Crippen molar-refractivity contribution in [1.29, 1.82) is 0 Å². The van der Waals surface area contributed by atoms with Gasteiger partial charge in [0.25, 0.3) is 0 Å². The number of hydrogen-bond acceptors (Lipinski definition) is 3. The molecule has 0 atom stereocenters. The van der Waals surface area contributed by atoms with Crippen molar-refractivity contribution < 1.29 is 4.39 Å². The molecule has 0 saturated carbocycles. The zero-order valence-electron chi connectivity index (χ0n) is 12.1. The number of nitrogens with zero attached hydrogens (tertiary/aromatic N) is 3. The topological polar surface area (TPSA) is 47.1 Å². The molecule has 0 aliphatic carbocycles. The van der Waals surface area contributed by atoms with Crippen LogP contribution in [0.5, 0.6) is 0 Å². The van der Waals surface area contributed by atoms with E-state index in [2.05, 4.69) is 23.9 Å². The normalized spacial score (nSPS) is 19.6. The van der Waals surface area contributed by atoms with E-state index in [9.17, 15) is 4.39 Å². The van der Waals surface area contributed by atoms with Crippen LogP contribution in [0.25, 0.3) is 11.0 Å². The molecule has 1 aromatic carbocycles. The quantitative estimate of drug-likeness (QED) is 0.916. The average molecular weight is 276 g/mol. The number of benzene rings is 1. The number of rotatable bonds is 2. The molecule has 0 radical (unpaired) electrons. The summed E-state index contributed by atoms with van der Waals surface area (Å²) in [6.07, 6.45) is 2.29. The van der Waals surface area contributed by atoms with Gasteiger partial charge in [0.05, 0.1) is 11.0 Å². The number of piperidine rings is 1. The fourth-order valence-electron chi connectivity index (χ4n) is 2.99. The molecule has 1 aliphatic heterocycles. The van der Waals surface area contributed by atoms with Crippen LogP contribution in [0.15, 0.2) is 18.2 Å². The second kappa shape index (κ2) is 4.74. The first-order valence-electron chi connectivity index (χ1n) is 7.07. The van der Waals surface area contributed by atoms with Crippen LogP contribution >= 0.6 is 0 Å². The van der Waals surface area contributed by atoms with Gasteiger partial charge in [0, 0.05) is 12.6 Å². The van der Waals surface area contributed by atoms with Gasteiger partial charge in [-0.2, -0.15) is 0 Å². The zero-order chi connectivity index (χ0) is 14.3. The predicted molar refractivity (Wildman–Crippen MR) is 78.9 cm³/mol. The van der Waals surface area contributed by atoms with E-state index < -0.39 is 0 Å². The Morgan fingerprint density at radius 2 is 2.05 bits per heavy atom. The number of likely N-dealkylation sites (tertiary alicyclic amines) is 1. The molecule has 3 rings (SSSR count). The maximum Gasteiger partial charge on any atom is 0.201 e. The molecule has 4 nitrogen and oxygen atoms in total. The fourth-order valence-corrected chi connectivity index (χ4v) is 2.99. The maximum absolute atomic E-state index is 13.3. The Hall–Kier alpha value is -1.62. The largest absolute Gasteiger partial charge is 0.369 e. The van der Waals surface area contributed by atoms with Gasteiger partial charge >= 0.3 is 0 Å². The van der Waals surface area contributed by atoms with E-state index in [0.29, 0.717) is 11.5 Å². The first kappa shape index (κ1) is 13.4. The summed E-state index contributed by atoms with van der Waals surface area (Å²) in [5.41, 5.74) is 7.81. The molecular weight excluding hydrogens is 255 g/mol. The molecular formula is C15H21FN4. The lowest BCUT2D eigenvalue weighted by Crippen LogP contribution is -2.38. The molecule has 0 unspecified atom stereocenters. The molecule has 1 aliphatic rings. The summed E-state index contributed by atoms with van der Waals surface area (Å²) in [6, 6.07) is 4.68. The van der Waals surface area contributed by atoms with Crippen LogP contribution in [0.4, 0.5) is 10.3 Å². The standard InChI is InChI=1S/C15H21FN4/c1-15(5-7-19(2)8-6-15)10-20-13-4-3-11(16)9-12(13)18-14(20)17/h3-4,9H,5-8,10H2,1-2H3,(H2,17,18). The second-order valence-electron chi connectivity index (χ2n) is 6.30. The average Bonchev–Trinajstić information content (AvgIpc) is 2.69. The minimum Gasteiger partial charge on any atom is -0.369 e. The second-order valence-corrected chi connectivity index (χ2v) is 6.30.